The van der Waals surface area contributed by atoms with Crippen LogP contribution in [0.25, 0.3) is 0 Å². The van der Waals surface area contributed by atoms with Crippen molar-refractivity contribution in [1.29, 1.82) is 0 Å². The second-order valence-corrected chi connectivity index (χ2v) is 35.7. The molecule has 6 saturated heterocycles. The number of carbonyl (C=O) groups excluding carboxylic acids is 6. The summed E-state index contributed by atoms with van der Waals surface area (Å²) in [5, 5.41) is 98.5. The summed E-state index contributed by atoms with van der Waals surface area (Å²) in [7, 11) is -17.8. The first-order valence-corrected chi connectivity index (χ1v) is 46.0. The highest BCUT2D eigenvalue weighted by Gasteiger charge is 2.49. The van der Waals surface area contributed by atoms with Gasteiger partial charge in [0.05, 0.1) is 89.8 Å². The Morgan fingerprint density at radius 3 is 0.882 bits per heavy atom. The van der Waals surface area contributed by atoms with Crippen LogP contribution in [0.4, 0.5) is 0 Å². The molecule has 10 unspecified atom stereocenters. The number of hydrogen-bond acceptors (Lipinski definition) is 36. The molecule has 692 valence electrons. The van der Waals surface area contributed by atoms with Crippen LogP contribution < -0.4 is 16.0 Å². The Kier molecular flexibility index (Phi) is 46.1. The molecule has 6 aliphatic heterocycles. The van der Waals surface area contributed by atoms with Gasteiger partial charge in [-0.3, -0.25) is 65.0 Å². The van der Waals surface area contributed by atoms with Gasteiger partial charge in [-0.05, 0) is 96.3 Å². The molecule has 19 atom stereocenters. The highest BCUT2D eigenvalue weighted by molar-refractivity contribution is 7.48. The molecule has 46 nitrogen and oxygen atoms in total. The summed E-state index contributed by atoms with van der Waals surface area (Å²) >= 11 is 0. The largest absolute Gasteiger partial charge is 0.472 e. The summed E-state index contributed by atoms with van der Waals surface area (Å²) in [6, 6.07) is -3.36. The number of phosphoric acid groups is 4. The van der Waals surface area contributed by atoms with Crippen molar-refractivity contribution in [2.75, 3.05) is 152 Å². The zero-order valence-electron chi connectivity index (χ0n) is 67.6. The van der Waals surface area contributed by atoms with Gasteiger partial charge in [0.2, 0.25) is 35.4 Å². The van der Waals surface area contributed by atoms with E-state index in [0.717, 1.165) is 7.11 Å². The van der Waals surface area contributed by atoms with Crippen molar-refractivity contribution in [1.82, 2.24) is 30.7 Å². The van der Waals surface area contributed by atoms with E-state index in [-0.39, 0.29) is 213 Å². The van der Waals surface area contributed by atoms with Crippen molar-refractivity contribution < 1.29 is 191 Å². The number of hydrogen-bond donors (Lipinski definition) is 16. The number of rotatable bonds is 55. The number of phosphoric ester groups is 4. The number of nitrogens with one attached hydrogen (secondary N) is 3. The third-order valence-corrected chi connectivity index (χ3v) is 24.4. The average molecular weight is 1800 g/mol. The van der Waals surface area contributed by atoms with Crippen LogP contribution in [0.3, 0.4) is 0 Å². The van der Waals surface area contributed by atoms with Crippen molar-refractivity contribution in [3.63, 3.8) is 0 Å². The molecule has 50 heteroatoms. The summed E-state index contributed by atoms with van der Waals surface area (Å²) < 4.78 is 146. The lowest BCUT2D eigenvalue weighted by atomic mass is 9.92. The summed E-state index contributed by atoms with van der Waals surface area (Å²) in [4.78, 5) is 122. The maximum atomic E-state index is 13.2. The van der Waals surface area contributed by atoms with Gasteiger partial charge < -0.3 is 139 Å². The minimum Gasteiger partial charge on any atom is -0.394 e. The van der Waals surface area contributed by atoms with Crippen LogP contribution in [0, 0.1) is 5.41 Å². The predicted octanol–water partition coefficient (Wildman–Crippen LogP) is -2.28. The zero-order valence-corrected chi connectivity index (χ0v) is 71.2. The molecule has 0 aromatic carbocycles. The molecule has 16 N–H and O–H groups in total. The highest BCUT2D eigenvalue weighted by atomic mass is 31.2. The lowest BCUT2D eigenvalue weighted by Gasteiger charge is -2.42. The number of carbonyl (C=O) groups is 6. The number of aliphatic hydroxyl groups excluding tert-OH is 9. The second-order valence-electron chi connectivity index (χ2n) is 29.9. The molecule has 6 heterocycles. The van der Waals surface area contributed by atoms with Gasteiger partial charge >= 0.3 is 31.3 Å². The van der Waals surface area contributed by atoms with Crippen molar-refractivity contribution in [3.05, 3.63) is 0 Å². The minimum atomic E-state index is -4.72. The maximum absolute atomic E-state index is 13.2. The molecular formula is C69H126N6O40P4. The standard InChI is InChI=1S/C69H126N6O40P4/c1-45(79)70-57-63(88)60(85)51(38-76)110-66(57)103-32-8-5-14-54(82)73-23-17-48(18-24-73)113-117(93,94)106-35-11-29-100-41-69(44-109-116(91,92)99-4,42-101-30-12-36-107-118(95,96)114-49-19-25-74(26-20-49)55(83)15-6-9-33-104-67-58(71-46(2)80)64(89)61(86)52(39-77)111-67)43-102-31-13-37-108-119(97,98)115-50-21-27-75(28-22-50)56(84)16-7-10-34-105-68-59(72-47(3)81)65(90)62(87)53(40-78)112-68/h48-53,57-68,76-78,85-90H,5-44H2,1-4H3,(H,70,79)(H,71,80)(H,72,81)(H,91,92)(H,93,94)(H,95,96)(H,97,98)/t51?,52?,53?,57-,58-,59-,60-,61-,62-,63?,64?,65?,66+,67+,68+,69?/m0/s1. The molecule has 0 aromatic heterocycles. The lowest BCUT2D eigenvalue weighted by molar-refractivity contribution is -0.270. The van der Waals surface area contributed by atoms with E-state index >= 15 is 0 Å². The maximum Gasteiger partial charge on any atom is 0.472 e. The first-order chi connectivity index (χ1) is 56.4. The van der Waals surface area contributed by atoms with E-state index in [1.807, 2.05) is 0 Å². The molecule has 6 amide bonds. The van der Waals surface area contributed by atoms with Crippen molar-refractivity contribution >= 4 is 66.7 Å². The van der Waals surface area contributed by atoms with E-state index in [4.69, 9.17) is 74.3 Å². The number of nitrogens with zero attached hydrogens (tertiary/aromatic N) is 3. The number of likely N-dealkylation sites (tertiary alicyclic amines) is 3. The fourth-order valence-corrected chi connectivity index (χ4v) is 17.3. The van der Waals surface area contributed by atoms with Gasteiger partial charge in [0.15, 0.2) is 18.9 Å². The summed E-state index contributed by atoms with van der Waals surface area (Å²) in [6.07, 6.45) is -14.4. The monoisotopic (exact) mass is 1800 g/mol. The molecule has 0 bridgehead atoms. The van der Waals surface area contributed by atoms with Crippen LogP contribution in [-0.4, -0.2) is 378 Å². The Labute approximate surface area is 690 Å². The fraction of sp³-hybridized carbons (Fsp3) is 0.913. The first kappa shape index (κ1) is 104. The van der Waals surface area contributed by atoms with Crippen LogP contribution in [0.2, 0.25) is 0 Å². The van der Waals surface area contributed by atoms with E-state index < -0.39 is 191 Å². The zero-order chi connectivity index (χ0) is 87.5. The van der Waals surface area contributed by atoms with Crippen LogP contribution >= 0.6 is 31.3 Å². The number of piperidine rings is 3. The normalized spacial score (nSPS) is 28.9. The number of unbranched alkanes of at least 4 members (excludes halogenated alkanes) is 3. The molecule has 6 rings (SSSR count). The van der Waals surface area contributed by atoms with Gasteiger partial charge in [-0.25, -0.2) is 18.3 Å². The van der Waals surface area contributed by atoms with Gasteiger partial charge in [-0.15, -0.1) is 0 Å². The molecule has 6 fully saturated rings. The molecular weight excluding hydrogens is 1680 g/mol. The van der Waals surface area contributed by atoms with Gasteiger partial charge in [0.1, 0.15) is 73.1 Å². The smallest absolute Gasteiger partial charge is 0.394 e. The number of aliphatic hydroxyl groups is 9. The van der Waals surface area contributed by atoms with E-state index in [9.17, 15) is 113 Å². The number of ether oxygens (including phenoxy) is 9. The SMILES string of the molecule is COP(=O)(O)OCC(COCCCOP(=O)(O)OC1CCN(C(=O)CCCCO[C@@H]2OC(CO)[C@H](O)C(O)[C@@H]2NC(C)=O)CC1)(COCCCOP(=O)(O)OC1CCN(C(=O)CCCCO[C@@H]2OC(CO)[C@H](O)C(O)[C@@H]2NC(C)=O)CC1)COCCCOP(=O)(O)OC1CCN(C(=O)CCCCO[C@@H]2OC(CO)[C@H](O)C(O)[C@@H]2NC(C)=O)CC1. The highest BCUT2D eigenvalue weighted by Crippen LogP contribution is 2.49. The van der Waals surface area contributed by atoms with Crippen LogP contribution in [0.1, 0.15) is 136 Å². The fourth-order valence-electron chi connectivity index (χ4n) is 13.7. The minimum absolute atomic E-state index is 0.0152. The third kappa shape index (κ3) is 36.8. The van der Waals surface area contributed by atoms with Crippen LogP contribution in [-0.2, 0) is 126 Å². The molecule has 0 aromatic rings. The molecule has 0 radical (unpaired) electrons. The van der Waals surface area contributed by atoms with Crippen molar-refractivity contribution in [2.45, 2.75) is 247 Å². The van der Waals surface area contributed by atoms with Crippen LogP contribution in [0.5, 0.6) is 0 Å². The van der Waals surface area contributed by atoms with Crippen molar-refractivity contribution in [2.24, 2.45) is 5.41 Å². The summed E-state index contributed by atoms with van der Waals surface area (Å²) in [6.45, 7) is -0.0947. The quantitative estimate of drug-likeness (QED) is 0.0225. The third-order valence-electron chi connectivity index (χ3n) is 20.2. The Bertz CT molecular complexity index is 2930. The topological polar surface area (TPSA) is 636 Å². The number of amides is 6. The van der Waals surface area contributed by atoms with Crippen molar-refractivity contribution in [3.8, 4) is 0 Å². The Balaban J connectivity index is 0.937. The lowest BCUT2D eigenvalue weighted by Crippen LogP contribution is -2.64. The average Bonchev–Trinajstić information content (AvgIpc) is 0.813. The van der Waals surface area contributed by atoms with Gasteiger partial charge in [0, 0.05) is 126 Å². The summed E-state index contributed by atoms with van der Waals surface area (Å²) in [5.74, 6) is -2.10. The first-order valence-electron chi connectivity index (χ1n) is 40.0. The Morgan fingerprint density at radius 2 is 0.639 bits per heavy atom. The van der Waals surface area contributed by atoms with E-state index in [2.05, 4.69) is 20.5 Å². The Morgan fingerprint density at radius 1 is 0.370 bits per heavy atom. The summed E-state index contributed by atoms with van der Waals surface area (Å²) in [5.41, 5.74) is -1.48. The molecule has 119 heavy (non-hydrogen) atoms. The predicted molar refractivity (Wildman–Crippen MR) is 406 cm³/mol. The van der Waals surface area contributed by atoms with Gasteiger partial charge in [-0.1, -0.05) is 0 Å². The van der Waals surface area contributed by atoms with E-state index in [1.54, 1.807) is 14.7 Å². The Hall–Kier alpha value is -3.46. The van der Waals surface area contributed by atoms with Crippen LogP contribution in [0.15, 0.2) is 0 Å². The van der Waals surface area contributed by atoms with E-state index in [0.29, 0.717) is 38.5 Å². The van der Waals surface area contributed by atoms with E-state index in [1.165, 1.54) is 20.8 Å². The second kappa shape index (κ2) is 52.6. The molecule has 0 saturated carbocycles. The van der Waals surface area contributed by atoms with Gasteiger partial charge in [-0.2, -0.15) is 0 Å². The molecule has 6 aliphatic rings. The molecule has 0 spiro atoms. The van der Waals surface area contributed by atoms with Gasteiger partial charge in [0.25, 0.3) is 0 Å². The molecule has 0 aliphatic carbocycles.